The van der Waals surface area contributed by atoms with E-state index in [1.165, 1.54) is 5.56 Å². The van der Waals surface area contributed by atoms with Crippen LogP contribution in [-0.2, 0) is 28.6 Å². The highest BCUT2D eigenvalue weighted by molar-refractivity contribution is 7.82. The number of rotatable bonds is 10. The Morgan fingerprint density at radius 2 is 1.94 bits per heavy atom. The number of hydrogen-bond acceptors (Lipinski definition) is 3. The van der Waals surface area contributed by atoms with Crippen LogP contribution in [0.4, 0.5) is 0 Å². The van der Waals surface area contributed by atoms with Crippen LogP contribution in [-0.4, -0.2) is 32.2 Å². The molecule has 0 saturated carbocycles. The molecule has 2 atom stereocenters. The van der Waals surface area contributed by atoms with E-state index in [-0.39, 0.29) is 0 Å². The lowest BCUT2D eigenvalue weighted by Gasteiger charge is -2.30. The van der Waals surface area contributed by atoms with Gasteiger partial charge in [-0.05, 0) is 66.8 Å². The number of fused-ring (bicyclic) bond motifs is 1. The van der Waals surface area contributed by atoms with Gasteiger partial charge in [-0.15, -0.1) is 0 Å². The average Bonchev–Trinajstić information content (AvgIpc) is 2.80. The van der Waals surface area contributed by atoms with Crippen LogP contribution in [0.25, 0.3) is 6.08 Å². The fourth-order valence-electron chi connectivity index (χ4n) is 3.82. The van der Waals surface area contributed by atoms with Gasteiger partial charge in [0.2, 0.25) is 0 Å². The Bertz CT molecular complexity index is 928. The quantitative estimate of drug-likeness (QED) is 0.421. The molecule has 2 N–H and O–H groups in total. The van der Waals surface area contributed by atoms with Crippen molar-refractivity contribution in [1.29, 1.82) is 0 Å². The van der Waals surface area contributed by atoms with Gasteiger partial charge < -0.3 is 0 Å². The molecule has 31 heavy (non-hydrogen) atoms. The van der Waals surface area contributed by atoms with Crippen LogP contribution in [0, 0.1) is 5.92 Å². The number of benzene rings is 2. The molecule has 0 radical (unpaired) electrons. The third-order valence-corrected chi connectivity index (χ3v) is 7.17. The molecule has 0 heterocycles. The number of amides is 1. The summed E-state index contributed by atoms with van der Waals surface area (Å²) in [5.74, 6) is -0.121. The minimum Gasteiger partial charge on any atom is -0.289 e. The maximum atomic E-state index is 13.7. The van der Waals surface area contributed by atoms with Gasteiger partial charge in [0.15, 0.2) is 0 Å². The van der Waals surface area contributed by atoms with Gasteiger partial charge in [0.1, 0.15) is 17.0 Å². The minimum atomic E-state index is -1.52. The molecule has 0 saturated heterocycles. The Morgan fingerprint density at radius 1 is 1.16 bits per heavy atom. The Labute approximate surface area is 187 Å². The third-order valence-electron chi connectivity index (χ3n) is 5.65. The molecule has 2 aromatic rings. The number of carbonyl (C=O) groups excluding carboxylic acids is 1. The van der Waals surface area contributed by atoms with E-state index >= 15 is 0 Å². The molecule has 1 aliphatic rings. The largest absolute Gasteiger partial charge is 0.289 e. The molecule has 1 amide bonds. The van der Waals surface area contributed by atoms with Crippen LogP contribution in [0.3, 0.4) is 0 Å². The van der Waals surface area contributed by atoms with Gasteiger partial charge >= 0.3 is 0 Å². The lowest BCUT2D eigenvalue weighted by molar-refractivity contribution is -0.133. The van der Waals surface area contributed by atoms with Crippen LogP contribution in [0.5, 0.6) is 0 Å². The lowest BCUT2D eigenvalue weighted by atomic mass is 9.98. The molecule has 6 heteroatoms. The second-order valence-corrected chi connectivity index (χ2v) is 9.83. The zero-order valence-electron chi connectivity index (χ0n) is 18.3. The summed E-state index contributed by atoms with van der Waals surface area (Å²) in [5, 5.41) is 9.40. The van der Waals surface area contributed by atoms with Gasteiger partial charge in [0.05, 0.1) is 4.90 Å². The van der Waals surface area contributed by atoms with Crippen LogP contribution in [0.2, 0.25) is 0 Å². The normalized spacial score (nSPS) is 15.0. The van der Waals surface area contributed by atoms with Crippen molar-refractivity contribution in [2.75, 3.05) is 6.54 Å². The van der Waals surface area contributed by atoms with Crippen LogP contribution in [0.15, 0.2) is 59.5 Å². The zero-order chi connectivity index (χ0) is 22.2. The number of nitrogens with zero attached hydrogens (tertiary/aromatic N) is 1. The van der Waals surface area contributed by atoms with Gasteiger partial charge in [-0.2, -0.15) is 0 Å². The summed E-state index contributed by atoms with van der Waals surface area (Å²) >= 11 is 0. The first kappa shape index (κ1) is 23.4. The molecule has 1 aliphatic carbocycles. The molecule has 5 nitrogen and oxygen atoms in total. The summed E-state index contributed by atoms with van der Waals surface area (Å²) in [6.07, 6.45) is 8.14. The first-order chi connectivity index (χ1) is 15.0. The second kappa shape index (κ2) is 11.4. The van der Waals surface area contributed by atoms with E-state index in [0.717, 1.165) is 30.4 Å². The predicted molar refractivity (Wildman–Crippen MR) is 125 cm³/mol. The highest BCUT2D eigenvalue weighted by Crippen LogP contribution is 2.25. The molecule has 0 bridgehead atoms. The SMILES string of the molecule is CC(C)CCN([C@H](CCc1ccccc1)C(=O)NO)S(=O)c1ccc2c(c1)C=CCC2. The summed E-state index contributed by atoms with van der Waals surface area (Å²) in [4.78, 5) is 13.3. The van der Waals surface area contributed by atoms with E-state index in [9.17, 15) is 14.2 Å². The molecule has 3 rings (SSSR count). The lowest BCUT2D eigenvalue weighted by Crippen LogP contribution is -2.47. The van der Waals surface area contributed by atoms with Crippen molar-refractivity contribution in [2.45, 2.75) is 56.9 Å². The number of nitrogens with one attached hydrogen (secondary N) is 1. The van der Waals surface area contributed by atoms with Crippen molar-refractivity contribution < 1.29 is 14.2 Å². The van der Waals surface area contributed by atoms with Crippen molar-refractivity contribution in [2.24, 2.45) is 5.92 Å². The molecule has 0 aliphatic heterocycles. The molecule has 1 unspecified atom stereocenters. The number of allylic oxidation sites excluding steroid dienone is 1. The fraction of sp³-hybridized carbons (Fsp3) is 0.400. The van der Waals surface area contributed by atoms with Crippen molar-refractivity contribution >= 4 is 23.0 Å². The van der Waals surface area contributed by atoms with E-state index in [0.29, 0.717) is 30.2 Å². The van der Waals surface area contributed by atoms with Crippen molar-refractivity contribution in [3.05, 3.63) is 71.3 Å². The van der Waals surface area contributed by atoms with Gasteiger partial charge in [0, 0.05) is 6.54 Å². The molecule has 2 aromatic carbocycles. The molecule has 166 valence electrons. The van der Waals surface area contributed by atoms with Crippen LogP contribution >= 0.6 is 0 Å². The van der Waals surface area contributed by atoms with Crippen molar-refractivity contribution in [3.63, 3.8) is 0 Å². The third kappa shape index (κ3) is 6.35. The van der Waals surface area contributed by atoms with E-state index in [1.807, 2.05) is 48.5 Å². The van der Waals surface area contributed by atoms with E-state index < -0.39 is 22.9 Å². The molecule has 0 spiro atoms. The van der Waals surface area contributed by atoms with Crippen LogP contribution < -0.4 is 5.48 Å². The standard InChI is InChI=1S/C25H32N2O3S/c1-19(2)16-17-27(24(25(28)26-29)15-12-20-8-4-3-5-9-20)31(30)23-14-13-21-10-6-7-11-22(21)18-23/h3-5,7-9,11,13-14,18-19,24,29H,6,10,12,15-17H2,1-2H3,(H,26,28)/t24-,31?/m1/s1. The molecule has 0 fully saturated rings. The van der Waals surface area contributed by atoms with E-state index in [2.05, 4.69) is 26.0 Å². The molecular weight excluding hydrogens is 408 g/mol. The minimum absolute atomic E-state index is 0.401. The summed E-state index contributed by atoms with van der Waals surface area (Å²) in [5.41, 5.74) is 5.25. The highest BCUT2D eigenvalue weighted by Gasteiger charge is 2.31. The van der Waals surface area contributed by atoms with Gasteiger partial charge in [-0.1, -0.05) is 62.4 Å². The summed E-state index contributed by atoms with van der Waals surface area (Å²) < 4.78 is 15.4. The highest BCUT2D eigenvalue weighted by atomic mass is 32.2. The summed E-state index contributed by atoms with van der Waals surface area (Å²) in [6, 6.07) is 15.1. The number of aryl methyl sites for hydroxylation is 2. The monoisotopic (exact) mass is 440 g/mol. The average molecular weight is 441 g/mol. The molecule has 0 aromatic heterocycles. The first-order valence-corrected chi connectivity index (χ1v) is 12.1. The molecular formula is C25H32N2O3S. The smallest absolute Gasteiger partial charge is 0.261 e. The Kier molecular flexibility index (Phi) is 8.58. The van der Waals surface area contributed by atoms with Gasteiger partial charge in [0.25, 0.3) is 5.91 Å². The topological polar surface area (TPSA) is 69.6 Å². The van der Waals surface area contributed by atoms with E-state index in [4.69, 9.17) is 0 Å². The fourth-order valence-corrected chi connectivity index (χ4v) is 5.20. The number of carbonyl (C=O) groups is 1. The van der Waals surface area contributed by atoms with Gasteiger partial charge in [-0.3, -0.25) is 10.0 Å². The first-order valence-electron chi connectivity index (χ1n) is 11.0. The Hall–Kier alpha value is -2.28. The van der Waals surface area contributed by atoms with Crippen molar-refractivity contribution in [1.82, 2.24) is 9.79 Å². The number of hydroxylamine groups is 1. The van der Waals surface area contributed by atoms with Crippen LogP contribution in [0.1, 0.15) is 49.8 Å². The maximum absolute atomic E-state index is 13.7. The second-order valence-electron chi connectivity index (χ2n) is 8.39. The van der Waals surface area contributed by atoms with Crippen molar-refractivity contribution in [3.8, 4) is 0 Å². The summed E-state index contributed by atoms with van der Waals surface area (Å²) in [6.45, 7) is 4.72. The van der Waals surface area contributed by atoms with E-state index in [1.54, 1.807) is 9.79 Å². The van der Waals surface area contributed by atoms with Gasteiger partial charge in [-0.25, -0.2) is 14.0 Å². The predicted octanol–water partition coefficient (Wildman–Crippen LogP) is 4.52. The number of hydrogen-bond donors (Lipinski definition) is 2. The Morgan fingerprint density at radius 3 is 2.65 bits per heavy atom. The maximum Gasteiger partial charge on any atom is 0.261 e. The zero-order valence-corrected chi connectivity index (χ0v) is 19.1. The Balaban J connectivity index is 1.87. The summed E-state index contributed by atoms with van der Waals surface area (Å²) in [7, 11) is -1.52.